The Balaban J connectivity index is 1.48. The first kappa shape index (κ1) is 12.5. The number of para-hydroxylation sites is 1. The molecule has 0 spiro atoms. The van der Waals surface area contributed by atoms with Crippen molar-refractivity contribution in [3.8, 4) is 0 Å². The number of aryl methyl sites for hydroxylation is 1. The summed E-state index contributed by atoms with van der Waals surface area (Å²) in [7, 11) is 0. The van der Waals surface area contributed by atoms with Crippen molar-refractivity contribution in [1.82, 2.24) is 0 Å². The van der Waals surface area contributed by atoms with Gasteiger partial charge in [0.05, 0.1) is 11.6 Å². The zero-order chi connectivity index (χ0) is 14.0. The van der Waals surface area contributed by atoms with Crippen molar-refractivity contribution in [3.63, 3.8) is 0 Å². The Hall–Kier alpha value is -1.02. The van der Waals surface area contributed by atoms with Gasteiger partial charge in [0.25, 0.3) is 0 Å². The van der Waals surface area contributed by atoms with Crippen molar-refractivity contribution in [2.75, 3.05) is 5.32 Å². The van der Waals surface area contributed by atoms with Crippen LogP contribution in [0.3, 0.4) is 0 Å². The van der Waals surface area contributed by atoms with E-state index in [0.29, 0.717) is 11.8 Å². The number of fused-ring (bicyclic) bond motifs is 1. The highest BCUT2D eigenvalue weighted by molar-refractivity contribution is 5.54. The van der Waals surface area contributed by atoms with Crippen molar-refractivity contribution in [1.29, 1.82) is 0 Å². The molecule has 0 saturated heterocycles. The summed E-state index contributed by atoms with van der Waals surface area (Å²) >= 11 is 0. The predicted molar refractivity (Wildman–Crippen MR) is 84.2 cm³/mol. The fourth-order valence-corrected chi connectivity index (χ4v) is 6.29. The largest absolute Gasteiger partial charge is 0.387 e. The van der Waals surface area contributed by atoms with Crippen LogP contribution in [0.4, 0.5) is 5.69 Å². The van der Waals surface area contributed by atoms with Gasteiger partial charge in [0.15, 0.2) is 0 Å². The maximum Gasteiger partial charge on any atom is 0.0904 e. The third-order valence-electron chi connectivity index (χ3n) is 7.05. The van der Waals surface area contributed by atoms with Gasteiger partial charge in [0, 0.05) is 5.69 Å². The van der Waals surface area contributed by atoms with Crippen LogP contribution in [-0.4, -0.2) is 16.7 Å². The Morgan fingerprint density at radius 2 is 1.62 bits per heavy atom. The maximum absolute atomic E-state index is 11.7. The molecule has 21 heavy (non-hydrogen) atoms. The van der Waals surface area contributed by atoms with Gasteiger partial charge in [-0.15, -0.1) is 0 Å². The molecule has 4 saturated carbocycles. The Morgan fingerprint density at radius 3 is 2.33 bits per heavy atom. The van der Waals surface area contributed by atoms with Crippen LogP contribution >= 0.6 is 0 Å². The second-order valence-corrected chi connectivity index (χ2v) is 8.08. The van der Waals surface area contributed by atoms with Crippen molar-refractivity contribution >= 4 is 5.69 Å². The van der Waals surface area contributed by atoms with E-state index in [0.717, 1.165) is 24.7 Å². The van der Waals surface area contributed by atoms with Gasteiger partial charge < -0.3 is 10.4 Å². The minimum atomic E-state index is -0.444. The molecule has 4 aliphatic carbocycles. The lowest BCUT2D eigenvalue weighted by molar-refractivity contribution is -0.182. The Morgan fingerprint density at radius 1 is 0.952 bits per heavy atom. The van der Waals surface area contributed by atoms with Crippen LogP contribution in [0.2, 0.25) is 0 Å². The fourth-order valence-electron chi connectivity index (χ4n) is 6.29. The molecular formula is C19H25NO. The summed E-state index contributed by atoms with van der Waals surface area (Å²) in [5.74, 6) is 2.94. The molecule has 6 rings (SSSR count). The van der Waals surface area contributed by atoms with Crippen LogP contribution in [0.5, 0.6) is 0 Å². The summed E-state index contributed by atoms with van der Waals surface area (Å²) in [4.78, 5) is 0. The minimum Gasteiger partial charge on any atom is -0.387 e. The lowest BCUT2D eigenvalue weighted by Crippen LogP contribution is -2.65. The van der Waals surface area contributed by atoms with Crippen LogP contribution in [0.15, 0.2) is 24.3 Å². The molecule has 4 bridgehead atoms. The highest BCUT2D eigenvalue weighted by Crippen LogP contribution is 2.60. The molecule has 1 atom stereocenters. The van der Waals surface area contributed by atoms with Crippen LogP contribution in [0, 0.1) is 23.7 Å². The summed E-state index contributed by atoms with van der Waals surface area (Å²) in [5.41, 5.74) is 2.23. The molecule has 0 radical (unpaired) electrons. The number of anilines is 1. The molecule has 0 aromatic heterocycles. The van der Waals surface area contributed by atoms with Gasteiger partial charge in [-0.1, -0.05) is 18.2 Å². The van der Waals surface area contributed by atoms with E-state index in [2.05, 4.69) is 29.6 Å². The SMILES string of the molecule is OC1(C2CCc3ccccc3N2)C2CC3CC(C2)CC1C3. The van der Waals surface area contributed by atoms with Gasteiger partial charge in [0.2, 0.25) is 0 Å². The Bertz CT molecular complexity index is 538. The smallest absolute Gasteiger partial charge is 0.0904 e. The molecule has 4 fully saturated rings. The Labute approximate surface area is 126 Å². The third kappa shape index (κ3) is 1.69. The summed E-state index contributed by atoms with van der Waals surface area (Å²) in [6, 6.07) is 8.90. The van der Waals surface area contributed by atoms with Crippen molar-refractivity contribution in [2.45, 2.75) is 56.6 Å². The number of nitrogens with one attached hydrogen (secondary N) is 1. The molecule has 1 unspecified atom stereocenters. The molecule has 1 aliphatic heterocycles. The summed E-state index contributed by atoms with van der Waals surface area (Å²) in [5, 5.41) is 15.4. The second-order valence-electron chi connectivity index (χ2n) is 8.08. The van der Waals surface area contributed by atoms with Gasteiger partial charge in [-0.3, -0.25) is 0 Å². The average molecular weight is 283 g/mol. The van der Waals surface area contributed by atoms with E-state index in [1.54, 1.807) is 0 Å². The number of hydrogen-bond donors (Lipinski definition) is 2. The van der Waals surface area contributed by atoms with Crippen LogP contribution < -0.4 is 5.32 Å². The van der Waals surface area contributed by atoms with E-state index in [-0.39, 0.29) is 6.04 Å². The number of hydrogen-bond acceptors (Lipinski definition) is 2. The van der Waals surface area contributed by atoms with E-state index in [1.165, 1.54) is 43.4 Å². The van der Waals surface area contributed by atoms with Gasteiger partial charge in [-0.2, -0.15) is 0 Å². The topological polar surface area (TPSA) is 32.3 Å². The Kier molecular flexibility index (Phi) is 2.54. The number of benzene rings is 1. The van der Waals surface area contributed by atoms with Crippen LogP contribution in [-0.2, 0) is 6.42 Å². The standard InChI is InChI=1S/C19H25NO/c21-19(15-8-12-7-13(10-15)11-16(19)9-12)18-6-5-14-3-1-2-4-17(14)20-18/h1-4,12-13,15-16,18,20-21H,5-11H2. The lowest BCUT2D eigenvalue weighted by Gasteiger charge is -2.61. The fraction of sp³-hybridized carbons (Fsp3) is 0.684. The average Bonchev–Trinajstić information content (AvgIpc) is 2.51. The zero-order valence-electron chi connectivity index (χ0n) is 12.6. The van der Waals surface area contributed by atoms with Gasteiger partial charge in [-0.25, -0.2) is 0 Å². The summed E-state index contributed by atoms with van der Waals surface area (Å²) in [6.45, 7) is 0. The molecule has 1 aromatic rings. The molecule has 0 amide bonds. The van der Waals surface area contributed by atoms with E-state index in [9.17, 15) is 5.11 Å². The van der Waals surface area contributed by atoms with E-state index >= 15 is 0 Å². The molecule has 2 N–H and O–H groups in total. The van der Waals surface area contributed by atoms with E-state index in [1.807, 2.05) is 0 Å². The third-order valence-corrected chi connectivity index (χ3v) is 7.05. The maximum atomic E-state index is 11.7. The monoisotopic (exact) mass is 283 g/mol. The molecule has 1 aromatic carbocycles. The van der Waals surface area contributed by atoms with E-state index < -0.39 is 5.60 Å². The highest BCUT2D eigenvalue weighted by atomic mass is 16.3. The number of aliphatic hydroxyl groups is 1. The van der Waals surface area contributed by atoms with Crippen LogP contribution in [0.25, 0.3) is 0 Å². The highest BCUT2D eigenvalue weighted by Gasteiger charge is 2.59. The van der Waals surface area contributed by atoms with Crippen molar-refractivity contribution in [2.24, 2.45) is 23.7 Å². The molecule has 2 heteroatoms. The molecule has 5 aliphatic rings. The first-order valence-electron chi connectivity index (χ1n) is 8.80. The number of rotatable bonds is 1. The van der Waals surface area contributed by atoms with Crippen molar-refractivity contribution in [3.05, 3.63) is 29.8 Å². The van der Waals surface area contributed by atoms with Crippen LogP contribution in [0.1, 0.15) is 44.1 Å². The molecule has 1 heterocycles. The zero-order valence-corrected chi connectivity index (χ0v) is 12.6. The van der Waals surface area contributed by atoms with Gasteiger partial charge >= 0.3 is 0 Å². The minimum absolute atomic E-state index is 0.266. The first-order valence-corrected chi connectivity index (χ1v) is 8.80. The predicted octanol–water partition coefficient (Wildman–Crippen LogP) is 3.60. The first-order chi connectivity index (χ1) is 10.2. The second kappa shape index (κ2) is 4.25. The quantitative estimate of drug-likeness (QED) is 0.825. The summed E-state index contributed by atoms with van der Waals surface area (Å²) in [6.07, 6.45) is 8.78. The van der Waals surface area contributed by atoms with E-state index in [4.69, 9.17) is 0 Å². The molecule has 112 valence electrons. The normalized spacial score (nSPS) is 47.0. The summed E-state index contributed by atoms with van der Waals surface area (Å²) < 4.78 is 0. The molecule has 2 nitrogen and oxygen atoms in total. The molecular weight excluding hydrogens is 258 g/mol. The van der Waals surface area contributed by atoms with Gasteiger partial charge in [0.1, 0.15) is 0 Å². The van der Waals surface area contributed by atoms with Gasteiger partial charge in [-0.05, 0) is 80.2 Å². The van der Waals surface area contributed by atoms with Crippen molar-refractivity contribution < 1.29 is 5.11 Å². The lowest BCUT2D eigenvalue weighted by atomic mass is 9.48.